The number of carbonyl (C=O) groups excluding carboxylic acids is 4. The van der Waals surface area contributed by atoms with Crippen LogP contribution in [0.3, 0.4) is 0 Å². The summed E-state index contributed by atoms with van der Waals surface area (Å²) in [5, 5.41) is 5.38. The molecule has 1 fully saturated rings. The fourth-order valence-electron chi connectivity index (χ4n) is 5.11. The number of sulfone groups is 1. The van der Waals surface area contributed by atoms with Crippen LogP contribution in [0.15, 0.2) is 41.1 Å². The predicted molar refractivity (Wildman–Crippen MR) is 184 cm³/mol. The number of hydrogen-bond acceptors (Lipinski definition) is 10. The van der Waals surface area contributed by atoms with Gasteiger partial charge in [0, 0.05) is 18.4 Å². The maximum atomic E-state index is 13.7. The number of Topliss-reactive ketones (excluding diaryl/α,β-unsaturated/α-hetero) is 2. The standard InChI is InChI=1S/C19H20BrF2N3O3.C14H26N2O4S/c20-18-12(5-4-10-24-18)19(27)25-15(8-1-2-9-23)16(26)11-28-17-13(21)6-3-7-14(17)22;1-21(19,20)10-13(17)12(8-4-5-9-15)16-14(18)11-6-2-3-7-11/h3-7,10,15H,1-2,8-9,11,23H2,(H,25,27);11-12H,2-10,15H2,1H3,(H,16,18). The third-order valence-electron chi connectivity index (χ3n) is 7.70. The highest BCUT2D eigenvalue weighted by molar-refractivity contribution is 9.10. The average Bonchev–Trinajstić information content (AvgIpc) is 3.59. The molecule has 2 amide bonds. The first kappa shape index (κ1) is 41.8. The average molecular weight is 775 g/mol. The first-order chi connectivity index (χ1) is 23.3. The van der Waals surface area contributed by atoms with Crippen molar-refractivity contribution < 1.29 is 41.1 Å². The zero-order valence-electron chi connectivity index (χ0n) is 27.6. The molecule has 0 saturated heterocycles. The van der Waals surface area contributed by atoms with Crippen molar-refractivity contribution in [2.24, 2.45) is 17.4 Å². The SMILES string of the molecule is CS(=O)(=O)CC(=O)C(CCCCN)NC(=O)C1CCCC1.NCCCCC(NC(=O)c1cccnc1Br)C(=O)COc1c(F)cccc1F. The maximum Gasteiger partial charge on any atom is 0.254 e. The fourth-order valence-corrected chi connectivity index (χ4v) is 6.25. The van der Waals surface area contributed by atoms with Crippen LogP contribution in [0.4, 0.5) is 8.78 Å². The van der Waals surface area contributed by atoms with Crippen molar-refractivity contribution in [2.45, 2.75) is 76.3 Å². The van der Waals surface area contributed by atoms with Crippen LogP contribution in [0, 0.1) is 17.6 Å². The highest BCUT2D eigenvalue weighted by atomic mass is 79.9. The number of pyridine rings is 1. The van der Waals surface area contributed by atoms with Crippen molar-refractivity contribution in [3.63, 3.8) is 0 Å². The molecule has 1 aliphatic carbocycles. The van der Waals surface area contributed by atoms with Crippen molar-refractivity contribution >= 4 is 49.1 Å². The van der Waals surface area contributed by atoms with Gasteiger partial charge >= 0.3 is 0 Å². The lowest BCUT2D eigenvalue weighted by Gasteiger charge is -2.19. The molecule has 2 atom stereocenters. The summed E-state index contributed by atoms with van der Waals surface area (Å²) in [5.74, 6) is -4.55. The molecule has 1 saturated carbocycles. The number of nitrogens with one attached hydrogen (secondary N) is 2. The highest BCUT2D eigenvalue weighted by Crippen LogP contribution is 2.25. The maximum absolute atomic E-state index is 13.7. The summed E-state index contributed by atoms with van der Waals surface area (Å²) < 4.78 is 55.2. The van der Waals surface area contributed by atoms with Crippen LogP contribution >= 0.6 is 15.9 Å². The van der Waals surface area contributed by atoms with E-state index in [1.54, 1.807) is 12.1 Å². The summed E-state index contributed by atoms with van der Waals surface area (Å²) in [4.78, 5) is 53.2. The molecule has 2 unspecified atom stereocenters. The quantitative estimate of drug-likeness (QED) is 0.121. The molecule has 0 aliphatic heterocycles. The van der Waals surface area contributed by atoms with Gasteiger partial charge in [0.15, 0.2) is 38.8 Å². The highest BCUT2D eigenvalue weighted by Gasteiger charge is 2.29. The van der Waals surface area contributed by atoms with Gasteiger partial charge in [-0.05, 0) is 105 Å². The zero-order valence-corrected chi connectivity index (χ0v) is 30.0. The smallest absolute Gasteiger partial charge is 0.254 e. The number of para-hydroxylation sites is 1. The van der Waals surface area contributed by atoms with Gasteiger partial charge in [0.2, 0.25) is 5.91 Å². The van der Waals surface area contributed by atoms with Gasteiger partial charge in [0.25, 0.3) is 5.91 Å². The predicted octanol–water partition coefficient (Wildman–Crippen LogP) is 3.40. The zero-order chi connectivity index (χ0) is 36.4. The van der Waals surface area contributed by atoms with E-state index in [2.05, 4.69) is 31.5 Å². The Labute approximate surface area is 294 Å². The minimum absolute atomic E-state index is 0.0342. The Balaban J connectivity index is 0.000000355. The number of ketones is 2. The van der Waals surface area contributed by atoms with Crippen LogP contribution in [-0.4, -0.2) is 80.6 Å². The molecule has 0 radical (unpaired) electrons. The number of benzene rings is 1. The van der Waals surface area contributed by atoms with Crippen LogP contribution < -0.4 is 26.8 Å². The number of ether oxygens (including phenoxy) is 1. The van der Waals surface area contributed by atoms with Gasteiger partial charge in [-0.1, -0.05) is 18.9 Å². The Morgan fingerprint density at radius 1 is 0.918 bits per heavy atom. The topological polar surface area (TPSA) is 201 Å². The van der Waals surface area contributed by atoms with Crippen molar-refractivity contribution in [3.05, 3.63) is 58.3 Å². The van der Waals surface area contributed by atoms with Gasteiger partial charge in [-0.2, -0.15) is 0 Å². The third kappa shape index (κ3) is 15.4. The molecule has 12 nitrogen and oxygen atoms in total. The van der Waals surface area contributed by atoms with Gasteiger partial charge in [-0.25, -0.2) is 22.2 Å². The van der Waals surface area contributed by atoms with Crippen LogP contribution in [-0.2, 0) is 24.2 Å². The monoisotopic (exact) mass is 773 g/mol. The molecule has 272 valence electrons. The second kappa shape index (κ2) is 21.7. The van der Waals surface area contributed by atoms with Crippen LogP contribution in [0.25, 0.3) is 0 Å². The van der Waals surface area contributed by atoms with Crippen LogP contribution in [0.5, 0.6) is 5.75 Å². The van der Waals surface area contributed by atoms with E-state index in [-0.39, 0.29) is 17.4 Å². The molecule has 3 rings (SSSR count). The van der Waals surface area contributed by atoms with Gasteiger partial charge in [-0.15, -0.1) is 0 Å². The molecule has 6 N–H and O–H groups in total. The van der Waals surface area contributed by atoms with E-state index in [9.17, 15) is 36.4 Å². The molecule has 2 aromatic rings. The van der Waals surface area contributed by atoms with E-state index >= 15 is 0 Å². The number of amides is 2. The van der Waals surface area contributed by atoms with Crippen molar-refractivity contribution in [1.29, 1.82) is 0 Å². The minimum atomic E-state index is -3.38. The second-order valence-corrected chi connectivity index (χ2v) is 14.7. The second-order valence-electron chi connectivity index (χ2n) is 11.8. The number of halogens is 3. The van der Waals surface area contributed by atoms with Crippen molar-refractivity contribution in [1.82, 2.24) is 15.6 Å². The third-order valence-corrected chi connectivity index (χ3v) is 9.15. The first-order valence-electron chi connectivity index (χ1n) is 16.2. The normalized spacial score (nSPS) is 14.2. The number of unbranched alkanes of at least 4 members (excludes halogenated alkanes) is 2. The Bertz CT molecular complexity index is 1490. The Morgan fingerprint density at radius 2 is 1.49 bits per heavy atom. The largest absolute Gasteiger partial charge is 0.480 e. The molecule has 0 spiro atoms. The Morgan fingerprint density at radius 3 is 2.02 bits per heavy atom. The van der Waals surface area contributed by atoms with E-state index in [0.717, 1.165) is 50.5 Å². The summed E-state index contributed by atoms with van der Waals surface area (Å²) >= 11 is 3.18. The summed E-state index contributed by atoms with van der Waals surface area (Å²) in [7, 11) is -3.38. The molecular formula is C33H46BrF2N5O7S. The summed E-state index contributed by atoms with van der Waals surface area (Å²) in [6.45, 7) is 0.378. The van der Waals surface area contributed by atoms with Gasteiger partial charge < -0.3 is 26.8 Å². The number of carbonyl (C=O) groups is 4. The minimum Gasteiger partial charge on any atom is -0.480 e. The van der Waals surface area contributed by atoms with E-state index in [0.29, 0.717) is 49.8 Å². The Kier molecular flexibility index (Phi) is 18.5. The number of aromatic nitrogens is 1. The van der Waals surface area contributed by atoms with Crippen LogP contribution in [0.1, 0.15) is 74.6 Å². The summed E-state index contributed by atoms with van der Waals surface area (Å²) in [6, 6.07) is 4.81. The first-order valence-corrected chi connectivity index (χ1v) is 19.0. The van der Waals surface area contributed by atoms with E-state index in [1.165, 1.54) is 12.3 Å². The molecule has 1 aliphatic rings. The number of nitrogens with zero attached hydrogens (tertiary/aromatic N) is 1. The molecule has 16 heteroatoms. The van der Waals surface area contributed by atoms with Gasteiger partial charge in [-0.3, -0.25) is 19.2 Å². The number of hydrogen-bond donors (Lipinski definition) is 4. The van der Waals surface area contributed by atoms with Crippen molar-refractivity contribution in [3.8, 4) is 5.75 Å². The van der Waals surface area contributed by atoms with Gasteiger partial charge in [0.1, 0.15) is 17.0 Å². The lowest BCUT2D eigenvalue weighted by Crippen LogP contribution is -2.45. The summed E-state index contributed by atoms with van der Waals surface area (Å²) in [6.07, 6.45) is 9.79. The molecule has 1 aromatic carbocycles. The molecule has 1 heterocycles. The lowest BCUT2D eigenvalue weighted by atomic mass is 10.0. The number of rotatable bonds is 19. The van der Waals surface area contributed by atoms with Crippen molar-refractivity contribution in [2.75, 3.05) is 31.7 Å². The molecule has 0 bridgehead atoms. The van der Waals surface area contributed by atoms with E-state index < -0.39 is 69.1 Å². The summed E-state index contributed by atoms with van der Waals surface area (Å²) in [5.41, 5.74) is 11.2. The molecule has 49 heavy (non-hydrogen) atoms. The molecular weight excluding hydrogens is 728 g/mol. The van der Waals surface area contributed by atoms with E-state index in [1.807, 2.05) is 0 Å². The lowest BCUT2D eigenvalue weighted by molar-refractivity contribution is -0.129. The van der Waals surface area contributed by atoms with E-state index in [4.69, 9.17) is 16.2 Å². The molecule has 1 aromatic heterocycles. The Hall–Kier alpha value is -3.34. The number of nitrogens with two attached hydrogens (primary N) is 2. The van der Waals surface area contributed by atoms with Gasteiger partial charge in [0.05, 0.1) is 17.6 Å². The van der Waals surface area contributed by atoms with Crippen LogP contribution in [0.2, 0.25) is 0 Å². The fraction of sp³-hybridized carbons (Fsp3) is 0.545.